The molecule has 0 amide bonds. The van der Waals surface area contributed by atoms with E-state index in [-0.39, 0.29) is 0 Å². The van der Waals surface area contributed by atoms with Crippen molar-refractivity contribution >= 4 is 38.7 Å². The third-order valence-electron chi connectivity index (χ3n) is 2.78. The van der Waals surface area contributed by atoms with Crippen LogP contribution in [0.25, 0.3) is 22.6 Å². The Morgan fingerprint density at radius 3 is 2.89 bits per heavy atom. The minimum atomic E-state index is 0.679. The SMILES string of the molecule is Cc1ccnc2nc(-c3cc(Cl)ccc3Br)[nH]c12. The molecule has 3 nitrogen and oxygen atoms in total. The van der Waals surface area contributed by atoms with E-state index in [1.165, 1.54) is 0 Å². The summed E-state index contributed by atoms with van der Waals surface area (Å²) in [5.74, 6) is 0.765. The summed E-state index contributed by atoms with van der Waals surface area (Å²) in [6.45, 7) is 2.03. The van der Waals surface area contributed by atoms with Crippen LogP contribution in [0.15, 0.2) is 34.9 Å². The van der Waals surface area contributed by atoms with Gasteiger partial charge in [0.1, 0.15) is 5.82 Å². The molecule has 0 aliphatic carbocycles. The zero-order valence-corrected chi connectivity index (χ0v) is 11.9. The van der Waals surface area contributed by atoms with Gasteiger partial charge in [0.25, 0.3) is 0 Å². The number of H-pyrrole nitrogens is 1. The first kappa shape index (κ1) is 11.7. The molecule has 0 aliphatic rings. The van der Waals surface area contributed by atoms with E-state index in [4.69, 9.17) is 11.6 Å². The van der Waals surface area contributed by atoms with Gasteiger partial charge in [-0.3, -0.25) is 0 Å². The number of pyridine rings is 1. The second-order valence-electron chi connectivity index (χ2n) is 4.04. The monoisotopic (exact) mass is 321 g/mol. The predicted octanol–water partition coefficient (Wildman–Crippen LogP) is 4.35. The van der Waals surface area contributed by atoms with Crippen molar-refractivity contribution in [3.8, 4) is 11.4 Å². The average Bonchev–Trinajstić information content (AvgIpc) is 2.77. The minimum Gasteiger partial charge on any atom is -0.336 e. The van der Waals surface area contributed by atoms with Crippen LogP contribution in [-0.4, -0.2) is 15.0 Å². The quantitative estimate of drug-likeness (QED) is 0.723. The first-order valence-electron chi connectivity index (χ1n) is 5.42. The molecule has 0 saturated heterocycles. The fourth-order valence-corrected chi connectivity index (χ4v) is 2.45. The fourth-order valence-electron chi connectivity index (χ4n) is 1.84. The molecule has 0 fully saturated rings. The number of aryl methyl sites for hydroxylation is 1. The summed E-state index contributed by atoms with van der Waals surface area (Å²) in [7, 11) is 0. The Kier molecular flexibility index (Phi) is 2.84. The van der Waals surface area contributed by atoms with E-state index >= 15 is 0 Å². The van der Waals surface area contributed by atoms with Crippen molar-refractivity contribution in [2.45, 2.75) is 6.92 Å². The van der Waals surface area contributed by atoms with Gasteiger partial charge < -0.3 is 4.98 Å². The first-order valence-corrected chi connectivity index (χ1v) is 6.59. The van der Waals surface area contributed by atoms with Gasteiger partial charge in [-0.05, 0) is 36.8 Å². The number of benzene rings is 1. The average molecular weight is 323 g/mol. The summed E-state index contributed by atoms with van der Waals surface area (Å²) < 4.78 is 0.948. The number of imidazole rings is 1. The first-order chi connectivity index (χ1) is 8.65. The molecule has 1 N–H and O–H groups in total. The van der Waals surface area contributed by atoms with Gasteiger partial charge in [-0.25, -0.2) is 9.97 Å². The number of nitrogens with zero attached hydrogens (tertiary/aromatic N) is 2. The van der Waals surface area contributed by atoms with Gasteiger partial charge in [0.15, 0.2) is 5.65 Å². The molecule has 5 heteroatoms. The lowest BCUT2D eigenvalue weighted by atomic mass is 10.2. The summed E-state index contributed by atoms with van der Waals surface area (Å²) in [4.78, 5) is 12.0. The lowest BCUT2D eigenvalue weighted by Gasteiger charge is -2.00. The Morgan fingerprint density at radius 2 is 2.11 bits per heavy atom. The van der Waals surface area contributed by atoms with Gasteiger partial charge in [-0.2, -0.15) is 0 Å². The largest absolute Gasteiger partial charge is 0.336 e. The predicted molar refractivity (Wildman–Crippen MR) is 76.8 cm³/mol. The van der Waals surface area contributed by atoms with E-state index < -0.39 is 0 Å². The zero-order chi connectivity index (χ0) is 12.7. The summed E-state index contributed by atoms with van der Waals surface area (Å²) in [5.41, 5.74) is 3.73. The summed E-state index contributed by atoms with van der Waals surface area (Å²) >= 11 is 9.52. The molecule has 0 unspecified atom stereocenters. The van der Waals surface area contributed by atoms with E-state index in [0.29, 0.717) is 5.02 Å². The maximum Gasteiger partial charge on any atom is 0.178 e. The van der Waals surface area contributed by atoms with Crippen molar-refractivity contribution in [2.24, 2.45) is 0 Å². The molecule has 3 rings (SSSR count). The summed E-state index contributed by atoms with van der Waals surface area (Å²) in [6.07, 6.45) is 1.76. The third-order valence-corrected chi connectivity index (χ3v) is 3.71. The van der Waals surface area contributed by atoms with Crippen LogP contribution in [0.3, 0.4) is 0 Å². The molecule has 2 heterocycles. The molecule has 0 aliphatic heterocycles. The van der Waals surface area contributed by atoms with E-state index in [1.54, 1.807) is 6.20 Å². The highest BCUT2D eigenvalue weighted by Gasteiger charge is 2.11. The molecule has 0 radical (unpaired) electrons. The van der Waals surface area contributed by atoms with E-state index in [1.807, 2.05) is 31.2 Å². The topological polar surface area (TPSA) is 41.6 Å². The highest BCUT2D eigenvalue weighted by molar-refractivity contribution is 9.10. The maximum atomic E-state index is 6.02. The molecule has 3 aromatic rings. The van der Waals surface area contributed by atoms with Crippen molar-refractivity contribution < 1.29 is 0 Å². The van der Waals surface area contributed by atoms with Crippen molar-refractivity contribution in [3.05, 3.63) is 45.5 Å². The van der Waals surface area contributed by atoms with E-state index in [2.05, 4.69) is 30.9 Å². The van der Waals surface area contributed by atoms with Crippen LogP contribution in [0.1, 0.15) is 5.56 Å². The molecule has 18 heavy (non-hydrogen) atoms. The van der Waals surface area contributed by atoms with E-state index in [9.17, 15) is 0 Å². The van der Waals surface area contributed by atoms with Crippen molar-refractivity contribution in [3.63, 3.8) is 0 Å². The Morgan fingerprint density at radius 1 is 1.28 bits per heavy atom. The summed E-state index contributed by atoms with van der Waals surface area (Å²) in [5, 5.41) is 0.679. The summed E-state index contributed by atoms with van der Waals surface area (Å²) in [6, 6.07) is 7.57. The number of rotatable bonds is 1. The lowest BCUT2D eigenvalue weighted by Crippen LogP contribution is -1.82. The van der Waals surface area contributed by atoms with Gasteiger partial charge in [-0.1, -0.05) is 27.5 Å². The van der Waals surface area contributed by atoms with Gasteiger partial charge in [0.05, 0.1) is 5.52 Å². The van der Waals surface area contributed by atoms with Crippen molar-refractivity contribution in [2.75, 3.05) is 0 Å². The molecular weight excluding hydrogens is 314 g/mol. The number of fused-ring (bicyclic) bond motifs is 1. The number of aromatic amines is 1. The number of halogens is 2. The van der Waals surface area contributed by atoms with Crippen LogP contribution >= 0.6 is 27.5 Å². The van der Waals surface area contributed by atoms with Crippen LogP contribution < -0.4 is 0 Å². The second kappa shape index (κ2) is 4.37. The number of nitrogens with one attached hydrogen (secondary N) is 1. The second-order valence-corrected chi connectivity index (χ2v) is 5.33. The maximum absolute atomic E-state index is 6.02. The Balaban J connectivity index is 2.26. The highest BCUT2D eigenvalue weighted by Crippen LogP contribution is 2.30. The Hall–Kier alpha value is -1.39. The molecule has 90 valence electrons. The smallest absolute Gasteiger partial charge is 0.178 e. The number of aromatic nitrogens is 3. The molecule has 0 atom stereocenters. The van der Waals surface area contributed by atoms with Crippen molar-refractivity contribution in [1.29, 1.82) is 0 Å². The van der Waals surface area contributed by atoms with Crippen LogP contribution in [0, 0.1) is 6.92 Å². The van der Waals surface area contributed by atoms with E-state index in [0.717, 1.165) is 32.6 Å². The minimum absolute atomic E-state index is 0.679. The van der Waals surface area contributed by atoms with Gasteiger partial charge in [0, 0.05) is 21.3 Å². The van der Waals surface area contributed by atoms with Gasteiger partial charge in [-0.15, -0.1) is 0 Å². The van der Waals surface area contributed by atoms with Gasteiger partial charge in [0.2, 0.25) is 0 Å². The zero-order valence-electron chi connectivity index (χ0n) is 9.54. The number of hydrogen-bond acceptors (Lipinski definition) is 2. The molecule has 0 spiro atoms. The molecule has 2 aromatic heterocycles. The normalized spacial score (nSPS) is 11.1. The third kappa shape index (κ3) is 1.91. The molecule has 0 bridgehead atoms. The highest BCUT2D eigenvalue weighted by atomic mass is 79.9. The van der Waals surface area contributed by atoms with Crippen LogP contribution in [0.4, 0.5) is 0 Å². The standard InChI is InChI=1S/C13H9BrClN3/c1-7-4-5-16-13-11(7)17-12(18-13)9-6-8(15)2-3-10(9)14/h2-6H,1H3,(H,16,17,18). The van der Waals surface area contributed by atoms with Crippen molar-refractivity contribution in [1.82, 2.24) is 15.0 Å². The van der Waals surface area contributed by atoms with Crippen LogP contribution in [0.2, 0.25) is 5.02 Å². The van der Waals surface area contributed by atoms with Gasteiger partial charge >= 0.3 is 0 Å². The molecule has 1 aromatic carbocycles. The molecular formula is C13H9BrClN3. The van der Waals surface area contributed by atoms with Crippen LogP contribution in [0.5, 0.6) is 0 Å². The fraction of sp³-hybridized carbons (Fsp3) is 0.0769. The Labute approximate surface area is 117 Å². The molecule has 0 saturated carbocycles. The number of hydrogen-bond donors (Lipinski definition) is 1. The lowest BCUT2D eigenvalue weighted by molar-refractivity contribution is 1.29. The Bertz CT molecular complexity index is 736. The van der Waals surface area contributed by atoms with Crippen LogP contribution in [-0.2, 0) is 0 Å².